The van der Waals surface area contributed by atoms with Crippen LogP contribution in [0.1, 0.15) is 49.7 Å². The number of aromatic nitrogens is 2. The van der Waals surface area contributed by atoms with Gasteiger partial charge in [0.25, 0.3) is 5.91 Å². The Balaban J connectivity index is 2.20. The van der Waals surface area contributed by atoms with Crippen molar-refractivity contribution in [3.05, 3.63) is 60.5 Å². The molecule has 0 aliphatic rings. The van der Waals surface area contributed by atoms with Gasteiger partial charge in [0.05, 0.1) is 28.0 Å². The van der Waals surface area contributed by atoms with Crippen LogP contribution >= 0.6 is 0 Å². The molecule has 0 saturated carbocycles. The van der Waals surface area contributed by atoms with Crippen LogP contribution < -0.4 is 5.32 Å². The van der Waals surface area contributed by atoms with E-state index in [0.29, 0.717) is 30.0 Å². The van der Waals surface area contributed by atoms with E-state index in [0.717, 1.165) is 18.5 Å². The van der Waals surface area contributed by atoms with Crippen molar-refractivity contribution in [2.75, 3.05) is 18.4 Å². The summed E-state index contributed by atoms with van der Waals surface area (Å²) in [4.78, 5) is 12.9. The summed E-state index contributed by atoms with van der Waals surface area (Å²) in [5.41, 5.74) is 2.42. The van der Waals surface area contributed by atoms with Crippen molar-refractivity contribution in [2.24, 2.45) is 0 Å². The van der Waals surface area contributed by atoms with Gasteiger partial charge in [0, 0.05) is 18.8 Å². The highest BCUT2D eigenvalue weighted by molar-refractivity contribution is 7.89. The van der Waals surface area contributed by atoms with E-state index in [4.69, 9.17) is 0 Å². The van der Waals surface area contributed by atoms with Crippen LogP contribution in [-0.4, -0.2) is 41.5 Å². The molecular weight excluding hydrogens is 400 g/mol. The number of hydrogen-bond donors (Lipinski definition) is 1. The zero-order chi connectivity index (χ0) is 22.3. The number of rotatable bonds is 10. The largest absolute Gasteiger partial charge is 0.322 e. The van der Waals surface area contributed by atoms with Crippen LogP contribution in [0.25, 0.3) is 5.70 Å². The summed E-state index contributed by atoms with van der Waals surface area (Å²) in [6.07, 6.45) is 6.53. The maximum absolute atomic E-state index is 12.8. The minimum Gasteiger partial charge on any atom is -0.322 e. The molecule has 0 unspecified atom stereocenters. The smallest absolute Gasteiger partial charge is 0.259 e. The Morgan fingerprint density at radius 2 is 1.80 bits per heavy atom. The number of carbonyl (C=O) groups excluding carboxylic acids is 1. The molecule has 1 amide bonds. The summed E-state index contributed by atoms with van der Waals surface area (Å²) in [6.45, 7) is 12.3. The zero-order valence-electron chi connectivity index (χ0n) is 18.1. The van der Waals surface area contributed by atoms with E-state index >= 15 is 0 Å². The Morgan fingerprint density at radius 1 is 1.20 bits per heavy atom. The number of sulfonamides is 1. The summed E-state index contributed by atoms with van der Waals surface area (Å²) in [5, 5.41) is 7.05. The Morgan fingerprint density at radius 3 is 2.30 bits per heavy atom. The fourth-order valence-electron chi connectivity index (χ4n) is 3.13. The van der Waals surface area contributed by atoms with Gasteiger partial charge in [0.1, 0.15) is 0 Å². The first-order valence-corrected chi connectivity index (χ1v) is 11.5. The van der Waals surface area contributed by atoms with E-state index in [-0.39, 0.29) is 10.8 Å². The molecule has 30 heavy (non-hydrogen) atoms. The predicted octanol–water partition coefficient (Wildman–Crippen LogP) is 4.30. The molecule has 0 bridgehead atoms. The number of benzene rings is 1. The Bertz CT molecular complexity index is 1020. The third-order valence-corrected chi connectivity index (χ3v) is 6.61. The molecule has 1 aromatic heterocycles. The Kier molecular flexibility index (Phi) is 8.14. The van der Waals surface area contributed by atoms with Crippen LogP contribution in [0.5, 0.6) is 0 Å². The number of hydrogen-bond acceptors (Lipinski definition) is 4. The second-order valence-electron chi connectivity index (χ2n) is 6.86. The predicted molar refractivity (Wildman–Crippen MR) is 121 cm³/mol. The number of allylic oxidation sites excluding steroid dienone is 3. The lowest BCUT2D eigenvalue weighted by atomic mass is 10.2. The van der Waals surface area contributed by atoms with Crippen molar-refractivity contribution >= 4 is 27.3 Å². The van der Waals surface area contributed by atoms with Gasteiger partial charge in [-0.3, -0.25) is 4.79 Å². The first-order chi connectivity index (χ1) is 14.3. The summed E-state index contributed by atoms with van der Waals surface area (Å²) in [6, 6.07) is 6.24. The number of anilines is 1. The molecule has 0 atom stereocenters. The van der Waals surface area contributed by atoms with Gasteiger partial charge in [0.15, 0.2) is 0 Å². The van der Waals surface area contributed by atoms with Gasteiger partial charge in [-0.05, 0) is 57.0 Å². The van der Waals surface area contributed by atoms with Crippen molar-refractivity contribution in [3.63, 3.8) is 0 Å². The molecule has 0 aliphatic heterocycles. The maximum atomic E-state index is 12.8. The lowest BCUT2D eigenvalue weighted by Gasteiger charge is -2.21. The molecule has 0 saturated heterocycles. The van der Waals surface area contributed by atoms with Crippen molar-refractivity contribution in [2.45, 2.75) is 45.4 Å². The lowest BCUT2D eigenvalue weighted by Crippen LogP contribution is -2.32. The maximum Gasteiger partial charge on any atom is 0.259 e. The van der Waals surface area contributed by atoms with Crippen LogP contribution in [0.4, 0.5) is 5.69 Å². The monoisotopic (exact) mass is 430 g/mol. The average molecular weight is 431 g/mol. The van der Waals surface area contributed by atoms with Gasteiger partial charge in [-0.25, -0.2) is 13.1 Å². The van der Waals surface area contributed by atoms with Gasteiger partial charge in [-0.15, -0.1) is 0 Å². The molecule has 1 aromatic carbocycles. The molecular formula is C22H30N4O3S. The highest BCUT2D eigenvalue weighted by atomic mass is 32.2. The molecule has 1 N–H and O–H groups in total. The third kappa shape index (κ3) is 5.06. The number of amides is 1. The van der Waals surface area contributed by atoms with Crippen molar-refractivity contribution in [1.82, 2.24) is 14.1 Å². The van der Waals surface area contributed by atoms with Gasteiger partial charge >= 0.3 is 0 Å². The number of nitrogens with one attached hydrogen (secondary N) is 1. The van der Waals surface area contributed by atoms with Crippen LogP contribution in [0.2, 0.25) is 0 Å². The summed E-state index contributed by atoms with van der Waals surface area (Å²) in [7, 11) is -3.55. The topological polar surface area (TPSA) is 84.3 Å². The first kappa shape index (κ1) is 23.6. The van der Waals surface area contributed by atoms with Crippen molar-refractivity contribution in [3.8, 4) is 0 Å². The van der Waals surface area contributed by atoms with E-state index in [9.17, 15) is 13.2 Å². The molecule has 0 radical (unpaired) electrons. The second-order valence-corrected chi connectivity index (χ2v) is 8.79. The Labute approximate surface area is 179 Å². The summed E-state index contributed by atoms with van der Waals surface area (Å²) < 4.78 is 28.8. The third-order valence-electron chi connectivity index (χ3n) is 4.70. The van der Waals surface area contributed by atoms with Crippen LogP contribution in [0.15, 0.2) is 54.1 Å². The number of nitrogens with zero attached hydrogens (tertiary/aromatic N) is 3. The van der Waals surface area contributed by atoms with Gasteiger partial charge < -0.3 is 5.32 Å². The summed E-state index contributed by atoms with van der Waals surface area (Å²) >= 11 is 0. The normalized spacial score (nSPS) is 12.2. The van der Waals surface area contributed by atoms with Crippen molar-refractivity contribution < 1.29 is 13.2 Å². The van der Waals surface area contributed by atoms with E-state index < -0.39 is 10.0 Å². The molecule has 0 spiro atoms. The number of carbonyl (C=O) groups is 1. The minimum absolute atomic E-state index is 0.218. The molecule has 1 heterocycles. The van der Waals surface area contributed by atoms with Crippen molar-refractivity contribution in [1.29, 1.82) is 0 Å². The van der Waals surface area contributed by atoms with Gasteiger partial charge in [-0.2, -0.15) is 9.40 Å². The molecule has 162 valence electrons. The fraction of sp³-hybridized carbons (Fsp3) is 0.364. The van der Waals surface area contributed by atoms with E-state index in [1.807, 2.05) is 26.8 Å². The molecule has 7 nitrogen and oxygen atoms in total. The quantitative estimate of drug-likeness (QED) is 0.570. The SMILES string of the molecule is C=CC(=CC)n1ncc(C(=O)Nc2ccc(S(=O)(=O)N(CCC)CCC)cc2)c1C. The van der Waals surface area contributed by atoms with E-state index in [1.165, 1.54) is 22.6 Å². The standard InChI is InChI=1S/C22H30N4O3S/c1-6-14-25(15-7-2)30(28,29)20-12-10-18(11-13-20)24-22(27)21-16-23-26(17(21)5)19(8-3)9-4/h8-13,16H,3,6-7,14-15H2,1-2,4-5H3,(H,24,27). The van der Waals surface area contributed by atoms with Gasteiger partial charge in [-0.1, -0.05) is 26.5 Å². The zero-order valence-corrected chi connectivity index (χ0v) is 18.9. The Hall–Kier alpha value is -2.71. The minimum atomic E-state index is -3.55. The van der Waals surface area contributed by atoms with Gasteiger partial charge in [0.2, 0.25) is 10.0 Å². The molecule has 2 rings (SSSR count). The molecule has 8 heteroatoms. The highest BCUT2D eigenvalue weighted by Gasteiger charge is 2.23. The fourth-order valence-corrected chi connectivity index (χ4v) is 4.75. The average Bonchev–Trinajstić information content (AvgIpc) is 3.10. The molecule has 0 aliphatic carbocycles. The molecule has 2 aromatic rings. The van der Waals surface area contributed by atoms with Crippen LogP contribution in [0.3, 0.4) is 0 Å². The highest BCUT2D eigenvalue weighted by Crippen LogP contribution is 2.20. The second kappa shape index (κ2) is 10.4. The lowest BCUT2D eigenvalue weighted by molar-refractivity contribution is 0.102. The van der Waals surface area contributed by atoms with E-state index in [1.54, 1.807) is 29.8 Å². The van der Waals surface area contributed by atoms with Crippen LogP contribution in [-0.2, 0) is 10.0 Å². The van der Waals surface area contributed by atoms with Crippen LogP contribution in [0, 0.1) is 6.92 Å². The van der Waals surface area contributed by atoms with E-state index in [2.05, 4.69) is 17.0 Å². The molecule has 0 fully saturated rings. The first-order valence-electron chi connectivity index (χ1n) is 10.0. The summed E-state index contributed by atoms with van der Waals surface area (Å²) in [5.74, 6) is -0.313.